The van der Waals surface area contributed by atoms with E-state index in [4.69, 9.17) is 5.73 Å². The van der Waals surface area contributed by atoms with E-state index in [1.807, 2.05) is 24.3 Å². The molecule has 1 atom stereocenters. The summed E-state index contributed by atoms with van der Waals surface area (Å²) in [7, 11) is 0. The van der Waals surface area contributed by atoms with Crippen LogP contribution < -0.4 is 11.1 Å². The molecule has 26 heavy (non-hydrogen) atoms. The fraction of sp³-hybridized carbons (Fsp3) is 0.316. The molecule has 2 aromatic carbocycles. The van der Waals surface area contributed by atoms with Gasteiger partial charge in [-0.15, -0.1) is 12.4 Å². The van der Waals surface area contributed by atoms with Crippen molar-refractivity contribution < 1.29 is 9.72 Å². The number of amides is 1. The summed E-state index contributed by atoms with van der Waals surface area (Å²) in [6.07, 6.45) is 0. The van der Waals surface area contributed by atoms with Gasteiger partial charge in [0.05, 0.1) is 4.92 Å². The largest absolute Gasteiger partial charge is 0.350 e. The number of nitro benzene ring substituents is 1. The van der Waals surface area contributed by atoms with Crippen LogP contribution in [0.15, 0.2) is 42.5 Å². The van der Waals surface area contributed by atoms with Gasteiger partial charge in [0.1, 0.15) is 0 Å². The molecule has 0 fully saturated rings. The molecule has 0 aliphatic carbocycles. The Morgan fingerprint density at radius 1 is 1.15 bits per heavy atom. The molecular formula is C19H24ClN3O3. The van der Waals surface area contributed by atoms with E-state index >= 15 is 0 Å². The van der Waals surface area contributed by atoms with Crippen molar-refractivity contribution in [2.24, 2.45) is 5.73 Å². The highest BCUT2D eigenvalue weighted by Crippen LogP contribution is 2.19. The molecule has 7 heteroatoms. The van der Waals surface area contributed by atoms with Crippen LogP contribution >= 0.6 is 12.4 Å². The molecule has 0 radical (unpaired) electrons. The molecule has 1 amide bonds. The van der Waals surface area contributed by atoms with Gasteiger partial charge in [0.15, 0.2) is 0 Å². The maximum atomic E-state index is 12.3. The van der Waals surface area contributed by atoms with Crippen LogP contribution in [0.2, 0.25) is 0 Å². The van der Waals surface area contributed by atoms with Crippen LogP contribution in [0, 0.1) is 17.0 Å². The van der Waals surface area contributed by atoms with Crippen molar-refractivity contribution in [2.75, 3.05) is 6.54 Å². The zero-order valence-corrected chi connectivity index (χ0v) is 15.9. The Labute approximate surface area is 159 Å². The normalized spacial score (nSPS) is 11.6. The minimum Gasteiger partial charge on any atom is -0.350 e. The first-order chi connectivity index (χ1) is 11.8. The Morgan fingerprint density at radius 2 is 1.73 bits per heavy atom. The van der Waals surface area contributed by atoms with Crippen LogP contribution in [-0.4, -0.2) is 17.4 Å². The smallest absolute Gasteiger partial charge is 0.270 e. The van der Waals surface area contributed by atoms with Crippen molar-refractivity contribution in [2.45, 2.75) is 32.7 Å². The van der Waals surface area contributed by atoms with Gasteiger partial charge >= 0.3 is 0 Å². The topological polar surface area (TPSA) is 98.3 Å². The molecule has 2 rings (SSSR count). The number of aryl methyl sites for hydroxylation is 1. The summed E-state index contributed by atoms with van der Waals surface area (Å²) in [5.41, 5.74) is 9.16. The van der Waals surface area contributed by atoms with Gasteiger partial charge in [-0.3, -0.25) is 14.9 Å². The molecule has 140 valence electrons. The zero-order valence-electron chi connectivity index (χ0n) is 15.1. The Hall–Kier alpha value is -2.44. The van der Waals surface area contributed by atoms with Gasteiger partial charge in [0, 0.05) is 30.3 Å². The average molecular weight is 378 g/mol. The summed E-state index contributed by atoms with van der Waals surface area (Å²) in [6, 6.07) is 11.9. The van der Waals surface area contributed by atoms with Gasteiger partial charge in [0.2, 0.25) is 0 Å². The lowest BCUT2D eigenvalue weighted by Gasteiger charge is -2.15. The molecule has 3 N–H and O–H groups in total. The molecule has 2 aromatic rings. The Morgan fingerprint density at radius 3 is 2.27 bits per heavy atom. The minimum atomic E-state index is -0.516. The number of carbonyl (C=O) groups excluding carboxylic acids is 1. The number of rotatable bonds is 6. The maximum Gasteiger partial charge on any atom is 0.270 e. The van der Waals surface area contributed by atoms with E-state index in [-0.39, 0.29) is 42.2 Å². The Kier molecular flexibility index (Phi) is 7.74. The summed E-state index contributed by atoms with van der Waals surface area (Å²) in [5.74, 6) is 0.0808. The average Bonchev–Trinajstić information content (AvgIpc) is 2.59. The predicted octanol–water partition coefficient (Wildman–Crippen LogP) is 3.88. The lowest BCUT2D eigenvalue weighted by molar-refractivity contribution is -0.384. The standard InChI is InChI=1S/C19H23N3O3.ClH/c1-12(2)14-5-7-15(8-6-14)18(20)11-21-19(23)17-10-16(22(24)25)9-4-13(17)3;/h4-10,12,18H,11,20H2,1-3H3,(H,21,23);1H. The van der Waals surface area contributed by atoms with Gasteiger partial charge in [-0.2, -0.15) is 0 Å². The number of hydrogen-bond acceptors (Lipinski definition) is 4. The number of nitrogens with one attached hydrogen (secondary N) is 1. The number of nitrogens with two attached hydrogens (primary N) is 1. The highest BCUT2D eigenvalue weighted by Gasteiger charge is 2.16. The molecule has 0 saturated carbocycles. The van der Waals surface area contributed by atoms with Crippen LogP contribution in [0.25, 0.3) is 0 Å². The van der Waals surface area contributed by atoms with Crippen LogP contribution in [0.1, 0.15) is 52.9 Å². The van der Waals surface area contributed by atoms with Crippen LogP contribution in [0.3, 0.4) is 0 Å². The molecule has 1 unspecified atom stereocenters. The number of hydrogen-bond donors (Lipinski definition) is 2. The number of non-ortho nitro benzene ring substituents is 1. The summed E-state index contributed by atoms with van der Waals surface area (Å²) < 4.78 is 0. The fourth-order valence-corrected chi connectivity index (χ4v) is 2.51. The van der Waals surface area contributed by atoms with Crippen LogP contribution in [0.5, 0.6) is 0 Å². The monoisotopic (exact) mass is 377 g/mol. The van der Waals surface area contributed by atoms with Crippen LogP contribution in [0.4, 0.5) is 5.69 Å². The van der Waals surface area contributed by atoms with Crippen molar-refractivity contribution in [1.82, 2.24) is 5.32 Å². The van der Waals surface area contributed by atoms with Crippen LogP contribution in [-0.2, 0) is 0 Å². The molecular weight excluding hydrogens is 354 g/mol. The molecule has 0 spiro atoms. The second kappa shape index (κ2) is 9.31. The van der Waals surface area contributed by atoms with E-state index in [0.717, 1.165) is 5.56 Å². The molecule has 6 nitrogen and oxygen atoms in total. The predicted molar refractivity (Wildman–Crippen MR) is 105 cm³/mol. The number of benzene rings is 2. The Bertz CT molecular complexity index is 776. The second-order valence-corrected chi connectivity index (χ2v) is 6.39. The second-order valence-electron chi connectivity index (χ2n) is 6.39. The number of carbonyl (C=O) groups is 1. The van der Waals surface area contributed by atoms with E-state index in [1.54, 1.807) is 13.0 Å². The SMILES string of the molecule is Cc1ccc([N+](=O)[O-])cc1C(=O)NCC(N)c1ccc(C(C)C)cc1.Cl. The molecule has 0 heterocycles. The van der Waals surface area contributed by atoms with Gasteiger partial charge < -0.3 is 11.1 Å². The third-order valence-corrected chi connectivity index (χ3v) is 4.19. The molecule has 0 bridgehead atoms. The van der Waals surface area contributed by atoms with Crippen molar-refractivity contribution >= 4 is 24.0 Å². The number of nitrogens with zero attached hydrogens (tertiary/aromatic N) is 1. The molecule has 0 aromatic heterocycles. The molecule has 0 aliphatic heterocycles. The summed E-state index contributed by atoms with van der Waals surface area (Å²) >= 11 is 0. The summed E-state index contributed by atoms with van der Waals surface area (Å²) in [4.78, 5) is 22.7. The minimum absolute atomic E-state index is 0. The number of nitro groups is 1. The highest BCUT2D eigenvalue weighted by molar-refractivity contribution is 5.96. The van der Waals surface area contributed by atoms with Crippen molar-refractivity contribution in [3.8, 4) is 0 Å². The number of halogens is 1. The summed E-state index contributed by atoms with van der Waals surface area (Å²) in [6.45, 7) is 6.23. The van der Waals surface area contributed by atoms with E-state index < -0.39 is 4.92 Å². The first kappa shape index (κ1) is 21.6. The third-order valence-electron chi connectivity index (χ3n) is 4.19. The quantitative estimate of drug-likeness (QED) is 0.589. The third kappa shape index (κ3) is 5.28. The molecule has 0 saturated heterocycles. The van der Waals surface area contributed by atoms with Gasteiger partial charge in [-0.25, -0.2) is 0 Å². The highest BCUT2D eigenvalue weighted by atomic mass is 35.5. The first-order valence-corrected chi connectivity index (χ1v) is 8.18. The zero-order chi connectivity index (χ0) is 18.6. The van der Waals surface area contributed by atoms with Gasteiger partial charge in [-0.05, 0) is 29.5 Å². The van der Waals surface area contributed by atoms with E-state index in [0.29, 0.717) is 11.5 Å². The van der Waals surface area contributed by atoms with Crippen molar-refractivity contribution in [3.05, 3.63) is 74.8 Å². The fourth-order valence-electron chi connectivity index (χ4n) is 2.51. The Balaban J connectivity index is 0.00000338. The first-order valence-electron chi connectivity index (χ1n) is 8.18. The van der Waals surface area contributed by atoms with Crippen molar-refractivity contribution in [3.63, 3.8) is 0 Å². The lowest BCUT2D eigenvalue weighted by atomic mass is 9.99. The maximum absolute atomic E-state index is 12.3. The van der Waals surface area contributed by atoms with Crippen molar-refractivity contribution in [1.29, 1.82) is 0 Å². The van der Waals surface area contributed by atoms with Gasteiger partial charge in [-0.1, -0.05) is 44.2 Å². The summed E-state index contributed by atoms with van der Waals surface area (Å²) in [5, 5.41) is 13.6. The molecule has 0 aliphatic rings. The van der Waals surface area contributed by atoms with E-state index in [2.05, 4.69) is 19.2 Å². The van der Waals surface area contributed by atoms with Gasteiger partial charge in [0.25, 0.3) is 11.6 Å². The lowest BCUT2D eigenvalue weighted by Crippen LogP contribution is -2.32. The van der Waals surface area contributed by atoms with E-state index in [9.17, 15) is 14.9 Å². The van der Waals surface area contributed by atoms with E-state index in [1.165, 1.54) is 17.7 Å².